The largest absolute Gasteiger partial charge is 0.508 e. The average Bonchev–Trinajstić information content (AvgIpc) is 2.99. The average molecular weight is 595 g/mol. The zero-order chi connectivity index (χ0) is 31.2. The second-order valence-corrected chi connectivity index (χ2v) is 10.3. The summed E-state index contributed by atoms with van der Waals surface area (Å²) in [6, 6.07) is 12.7. The van der Waals surface area contributed by atoms with Gasteiger partial charge in [0.2, 0.25) is 17.7 Å². The van der Waals surface area contributed by atoms with Crippen molar-refractivity contribution in [1.29, 1.82) is 0 Å². The predicted octanol–water partition coefficient (Wildman–Crippen LogP) is -1.73. The molecular weight excluding hydrogens is 552 g/mol. The summed E-state index contributed by atoms with van der Waals surface area (Å²) in [5.41, 5.74) is 23.7. The van der Waals surface area contributed by atoms with Crippen LogP contribution in [0, 0.1) is 0 Å². The van der Waals surface area contributed by atoms with Crippen LogP contribution in [-0.2, 0) is 27.2 Å². The van der Waals surface area contributed by atoms with Gasteiger partial charge in [0.25, 0.3) is 0 Å². The Labute approximate surface area is 251 Å². The summed E-state index contributed by atoms with van der Waals surface area (Å²) in [7, 11) is 0. The number of hydrogen-bond acceptors (Lipinski definition) is 7. The minimum Gasteiger partial charge on any atom is -0.508 e. The van der Waals surface area contributed by atoms with Gasteiger partial charge in [-0.25, -0.2) is 4.99 Å². The van der Waals surface area contributed by atoms with Crippen LogP contribution in [0.1, 0.15) is 24.0 Å². The summed E-state index contributed by atoms with van der Waals surface area (Å²) in [5, 5.41) is 18.5. The van der Waals surface area contributed by atoms with E-state index >= 15 is 0 Å². The van der Waals surface area contributed by atoms with E-state index in [-0.39, 0.29) is 49.4 Å². The van der Waals surface area contributed by atoms with Gasteiger partial charge in [0.05, 0.1) is 0 Å². The van der Waals surface area contributed by atoms with Crippen LogP contribution in [0.3, 0.4) is 0 Å². The van der Waals surface area contributed by atoms with Crippen molar-refractivity contribution in [3.05, 3.63) is 65.7 Å². The number of benzene rings is 2. The monoisotopic (exact) mass is 594 g/mol. The molecule has 0 radical (unpaired) electrons. The number of aromatic hydroxyl groups is 1. The number of amides is 3. The molecule has 0 aliphatic carbocycles. The topological polar surface area (TPSA) is 240 Å². The van der Waals surface area contributed by atoms with Crippen molar-refractivity contribution in [2.45, 2.75) is 43.8 Å². The number of nitrogens with one attached hydrogen (secondary N) is 3. The lowest BCUT2D eigenvalue weighted by Gasteiger charge is -2.32. The number of nitrogens with zero attached hydrogens (tertiary/aromatic N) is 3. The Morgan fingerprint density at radius 3 is 2.09 bits per heavy atom. The molecule has 14 nitrogen and oxygen atoms in total. The summed E-state index contributed by atoms with van der Waals surface area (Å²) >= 11 is 0. The summed E-state index contributed by atoms with van der Waals surface area (Å²) in [5.74, 6) is -1.62. The van der Waals surface area contributed by atoms with E-state index in [4.69, 9.17) is 22.9 Å². The molecule has 0 unspecified atom stereocenters. The van der Waals surface area contributed by atoms with E-state index in [1.165, 1.54) is 12.1 Å². The minimum atomic E-state index is -1.05. The van der Waals surface area contributed by atoms with Crippen molar-refractivity contribution >= 4 is 29.6 Å². The minimum absolute atomic E-state index is 0.0736. The van der Waals surface area contributed by atoms with Crippen LogP contribution in [-0.4, -0.2) is 90.5 Å². The molecule has 1 heterocycles. The molecule has 0 aromatic heterocycles. The Balaban J connectivity index is 1.81. The molecule has 12 N–H and O–H groups in total. The van der Waals surface area contributed by atoms with Crippen LogP contribution in [0.5, 0.6) is 5.75 Å². The Bertz CT molecular complexity index is 1260. The number of rotatable bonds is 14. The number of phenols is 1. The highest BCUT2D eigenvalue weighted by Gasteiger charge is 2.31. The van der Waals surface area contributed by atoms with E-state index in [9.17, 15) is 19.5 Å². The molecule has 2 aromatic carbocycles. The summed E-state index contributed by atoms with van der Waals surface area (Å²) in [6.07, 6.45) is 0.949. The van der Waals surface area contributed by atoms with Crippen molar-refractivity contribution in [3.63, 3.8) is 0 Å². The van der Waals surface area contributed by atoms with Gasteiger partial charge in [-0.1, -0.05) is 42.5 Å². The van der Waals surface area contributed by atoms with Gasteiger partial charge in [-0.3, -0.25) is 19.4 Å². The van der Waals surface area contributed by atoms with E-state index in [2.05, 4.69) is 25.9 Å². The number of guanidine groups is 2. The van der Waals surface area contributed by atoms with Gasteiger partial charge in [0.1, 0.15) is 23.9 Å². The maximum absolute atomic E-state index is 13.7. The van der Waals surface area contributed by atoms with Crippen LogP contribution >= 0.6 is 0 Å². The Hall–Kier alpha value is -4.85. The van der Waals surface area contributed by atoms with Gasteiger partial charge in [0.15, 0.2) is 11.9 Å². The Kier molecular flexibility index (Phi) is 12.6. The molecule has 1 saturated heterocycles. The third-order valence-electron chi connectivity index (χ3n) is 6.88. The Morgan fingerprint density at radius 2 is 1.47 bits per heavy atom. The number of carbonyl (C=O) groups excluding carboxylic acids is 3. The molecule has 0 bridgehead atoms. The van der Waals surface area contributed by atoms with E-state index in [1.54, 1.807) is 17.0 Å². The molecular formula is C29H42N10O4. The lowest BCUT2D eigenvalue weighted by Crippen LogP contribution is -2.58. The standard InChI is InChI=1S/C29H42N10O4/c30-28(31)35-12-4-7-22(36-26(42)23(38-29(32)33)17-20-8-10-21(40)11-9-20)25(41)37-24(18-19-5-2-1-3-6-19)27(43)39-15-13-34-14-16-39/h1-3,5-6,8-11,22-24,34,40H,4,7,12-18H2,(H,36,42)(H,37,41)(H4,30,31,35)(H4,32,33,38)/t22-,23+,24+/m1/s1. The normalized spacial score (nSPS) is 14.9. The highest BCUT2D eigenvalue weighted by atomic mass is 16.3. The van der Waals surface area contributed by atoms with Gasteiger partial charge < -0.3 is 48.9 Å². The lowest BCUT2D eigenvalue weighted by molar-refractivity contribution is -0.137. The van der Waals surface area contributed by atoms with Crippen molar-refractivity contribution in [3.8, 4) is 5.75 Å². The molecule has 1 aliphatic heterocycles. The first-order chi connectivity index (χ1) is 20.6. The summed E-state index contributed by atoms with van der Waals surface area (Å²) in [4.78, 5) is 50.5. The lowest BCUT2D eigenvalue weighted by atomic mass is 10.0. The van der Waals surface area contributed by atoms with Crippen LogP contribution in [0.15, 0.2) is 64.6 Å². The van der Waals surface area contributed by atoms with Crippen LogP contribution < -0.4 is 38.9 Å². The van der Waals surface area contributed by atoms with Gasteiger partial charge in [0, 0.05) is 45.6 Å². The number of phenolic OH excluding ortho intramolecular Hbond substituents is 1. The first-order valence-corrected chi connectivity index (χ1v) is 14.2. The predicted molar refractivity (Wildman–Crippen MR) is 165 cm³/mol. The fourth-order valence-electron chi connectivity index (χ4n) is 4.70. The molecule has 3 rings (SSSR count). The summed E-state index contributed by atoms with van der Waals surface area (Å²) < 4.78 is 0. The fourth-order valence-corrected chi connectivity index (χ4v) is 4.70. The Morgan fingerprint density at radius 1 is 0.837 bits per heavy atom. The van der Waals surface area contributed by atoms with Gasteiger partial charge >= 0.3 is 0 Å². The molecule has 3 atom stereocenters. The van der Waals surface area contributed by atoms with Crippen molar-refractivity contribution in [2.75, 3.05) is 32.7 Å². The molecule has 0 saturated carbocycles. The second kappa shape index (κ2) is 16.6. The highest BCUT2D eigenvalue weighted by Crippen LogP contribution is 2.14. The highest BCUT2D eigenvalue weighted by molar-refractivity contribution is 5.94. The molecule has 14 heteroatoms. The molecule has 0 spiro atoms. The molecule has 1 fully saturated rings. The maximum atomic E-state index is 13.7. The smallest absolute Gasteiger partial charge is 0.245 e. The molecule has 43 heavy (non-hydrogen) atoms. The van der Waals surface area contributed by atoms with E-state index in [0.29, 0.717) is 38.2 Å². The SMILES string of the molecule is NC(N)=NCCC[C@@H](NC(=O)[C@H](Cc1ccc(O)cc1)N=C(N)N)C(=O)N[C@@H](Cc1ccccc1)C(=O)N1CCNCC1. The van der Waals surface area contributed by atoms with Crippen LogP contribution in [0.4, 0.5) is 0 Å². The summed E-state index contributed by atoms with van der Waals surface area (Å²) in [6.45, 7) is 2.61. The second-order valence-electron chi connectivity index (χ2n) is 10.3. The third-order valence-corrected chi connectivity index (χ3v) is 6.88. The van der Waals surface area contributed by atoms with Crippen LogP contribution in [0.25, 0.3) is 0 Å². The van der Waals surface area contributed by atoms with Gasteiger partial charge in [-0.05, 0) is 36.1 Å². The van der Waals surface area contributed by atoms with Gasteiger partial charge in [-0.2, -0.15) is 0 Å². The van der Waals surface area contributed by atoms with Crippen molar-refractivity contribution in [1.82, 2.24) is 20.9 Å². The number of piperazine rings is 1. The van der Waals surface area contributed by atoms with Gasteiger partial charge in [-0.15, -0.1) is 0 Å². The third kappa shape index (κ3) is 11.2. The zero-order valence-corrected chi connectivity index (χ0v) is 24.1. The fraction of sp³-hybridized carbons (Fsp3) is 0.414. The van der Waals surface area contributed by atoms with E-state index in [0.717, 1.165) is 5.56 Å². The van der Waals surface area contributed by atoms with Crippen molar-refractivity contribution < 1.29 is 19.5 Å². The molecule has 232 valence electrons. The quantitative estimate of drug-likeness (QED) is 0.0703. The van der Waals surface area contributed by atoms with Crippen LogP contribution in [0.2, 0.25) is 0 Å². The first kappa shape index (κ1) is 32.7. The number of nitrogens with two attached hydrogens (primary N) is 4. The molecule has 1 aliphatic rings. The molecule has 3 amide bonds. The number of hydrogen-bond donors (Lipinski definition) is 8. The maximum Gasteiger partial charge on any atom is 0.245 e. The first-order valence-electron chi connectivity index (χ1n) is 14.2. The number of aliphatic imine (C=N–C) groups is 2. The zero-order valence-electron chi connectivity index (χ0n) is 24.1. The van der Waals surface area contributed by atoms with E-state index in [1.807, 2.05) is 30.3 Å². The van der Waals surface area contributed by atoms with E-state index < -0.39 is 29.9 Å². The molecule has 2 aromatic rings. The van der Waals surface area contributed by atoms with Crippen molar-refractivity contribution in [2.24, 2.45) is 32.9 Å². The number of carbonyl (C=O) groups is 3.